The number of carbonyl (C=O) groups excluding carboxylic acids is 1. The van der Waals surface area contributed by atoms with E-state index in [9.17, 15) is 14.1 Å². The summed E-state index contributed by atoms with van der Waals surface area (Å²) in [4.78, 5) is 15.7. The second-order valence-corrected chi connectivity index (χ2v) is 15.8. The summed E-state index contributed by atoms with van der Waals surface area (Å²) in [6.45, 7) is 10.1. The van der Waals surface area contributed by atoms with Crippen LogP contribution in [0.5, 0.6) is 5.75 Å². The van der Waals surface area contributed by atoms with Crippen molar-refractivity contribution in [1.82, 2.24) is 4.72 Å². The largest absolute Gasteiger partial charge is 0.490 e. The summed E-state index contributed by atoms with van der Waals surface area (Å²) >= 11 is 6.42. The van der Waals surface area contributed by atoms with E-state index in [1.807, 2.05) is 18.2 Å². The molecule has 6 rings (SSSR count). The molecule has 9 heteroatoms. The molecular weight excluding hydrogens is 596 g/mol. The first-order valence-corrected chi connectivity index (χ1v) is 17.9. The van der Waals surface area contributed by atoms with Gasteiger partial charge in [-0.1, -0.05) is 29.8 Å². The van der Waals surface area contributed by atoms with Crippen molar-refractivity contribution in [2.45, 2.75) is 62.1 Å². The monoisotopic (exact) mass is 638 g/mol. The quantitative estimate of drug-likeness (QED) is 0.294. The number of aryl methyl sites for hydroxylation is 1. The van der Waals surface area contributed by atoms with Crippen molar-refractivity contribution in [3.8, 4) is 5.75 Å². The van der Waals surface area contributed by atoms with Crippen LogP contribution in [0.25, 0.3) is 0 Å². The zero-order chi connectivity index (χ0) is 31.1. The maximum atomic E-state index is 13.3. The number of anilines is 1. The molecule has 6 atom stereocenters. The third-order valence-corrected chi connectivity index (χ3v) is 11.7. The number of hydrogen-bond acceptors (Lipinski definition) is 6. The molecule has 2 aromatic carbocycles. The van der Waals surface area contributed by atoms with Crippen molar-refractivity contribution in [3.63, 3.8) is 0 Å². The summed E-state index contributed by atoms with van der Waals surface area (Å²) in [6.07, 6.45) is 9.41. The molecule has 1 spiro atoms. The molecule has 4 aliphatic rings. The van der Waals surface area contributed by atoms with E-state index in [2.05, 4.69) is 40.8 Å². The van der Waals surface area contributed by atoms with E-state index in [-0.39, 0.29) is 17.3 Å². The average molecular weight is 639 g/mol. The zero-order valence-corrected chi connectivity index (χ0v) is 26.8. The highest BCUT2D eigenvalue weighted by molar-refractivity contribution is 7.99. The van der Waals surface area contributed by atoms with Crippen molar-refractivity contribution in [3.05, 3.63) is 83.4 Å². The fourth-order valence-corrected chi connectivity index (χ4v) is 8.78. The highest BCUT2D eigenvalue weighted by Gasteiger charge is 2.46. The smallest absolute Gasteiger partial charge is 0.262 e. The molecule has 2 aliphatic heterocycles. The van der Waals surface area contributed by atoms with Gasteiger partial charge in [-0.25, -0.2) is 4.21 Å². The summed E-state index contributed by atoms with van der Waals surface area (Å²) in [7, 11) is -2.84. The molecule has 0 bridgehead atoms. The van der Waals surface area contributed by atoms with Crippen LogP contribution in [0.2, 0.25) is 5.02 Å². The van der Waals surface area contributed by atoms with Gasteiger partial charge in [-0.15, -0.1) is 13.2 Å². The van der Waals surface area contributed by atoms with Crippen LogP contribution in [-0.4, -0.2) is 64.9 Å². The molecule has 2 fully saturated rings. The lowest BCUT2D eigenvalue weighted by molar-refractivity contribution is -0.125. The molecule has 1 saturated heterocycles. The SMILES string of the molecule is C=CCS(=C)(=O)NC(=O)c1ccc2c(c1)N(C[C@@H]1CC[C@H]1[C@@H]1C[C@@](O)(C=C)CCO1)C[C@@]1(CCCc3cc(Cl)ccc31)CO2. The minimum atomic E-state index is -2.84. The third-order valence-electron chi connectivity index (χ3n) is 10.2. The summed E-state index contributed by atoms with van der Waals surface area (Å²) in [5, 5.41) is 11.7. The molecule has 2 N–H and O–H groups in total. The molecule has 1 saturated carbocycles. The van der Waals surface area contributed by atoms with Gasteiger partial charge in [0.25, 0.3) is 5.91 Å². The summed E-state index contributed by atoms with van der Waals surface area (Å²) < 4.78 is 28.2. The summed E-state index contributed by atoms with van der Waals surface area (Å²) in [5.41, 5.74) is 2.68. The predicted molar refractivity (Wildman–Crippen MR) is 178 cm³/mol. The van der Waals surface area contributed by atoms with Crippen LogP contribution in [0, 0.1) is 11.8 Å². The fourth-order valence-electron chi connectivity index (χ4n) is 7.67. The van der Waals surface area contributed by atoms with Gasteiger partial charge in [-0.2, -0.15) is 0 Å². The van der Waals surface area contributed by atoms with Gasteiger partial charge in [0, 0.05) is 41.9 Å². The second-order valence-electron chi connectivity index (χ2n) is 13.2. The standard InChI is InChI=1S/C35H43ClN2O5S/c1-4-17-44(3,41)37-33(39)25-9-13-31-30(19-25)38(21-26-8-11-28(26)32-20-35(40,5-2)15-16-42-32)22-34(23-43-31)14-6-7-24-18-27(36)10-12-29(24)34/h4-5,9-10,12-13,18-19,26,28,32,40H,1-3,6-8,11,14-17,20-23H2,(H,37,39,41)/t26-,28+,32-,34-,35+,44?/m0/s1. The first-order valence-electron chi connectivity index (χ1n) is 15.6. The number of hydrogen-bond donors (Lipinski definition) is 2. The van der Waals surface area contributed by atoms with Crippen LogP contribution < -0.4 is 14.4 Å². The molecule has 0 radical (unpaired) electrons. The van der Waals surface area contributed by atoms with Crippen LogP contribution in [0.3, 0.4) is 0 Å². The zero-order valence-electron chi connectivity index (χ0n) is 25.3. The highest BCUT2D eigenvalue weighted by Crippen LogP contribution is 2.48. The van der Waals surface area contributed by atoms with Crippen LogP contribution in [-0.2, 0) is 26.3 Å². The first-order chi connectivity index (χ1) is 21.0. The van der Waals surface area contributed by atoms with Gasteiger partial charge in [0.15, 0.2) is 0 Å². The predicted octanol–water partition coefficient (Wildman–Crippen LogP) is 5.48. The van der Waals surface area contributed by atoms with Crippen LogP contribution >= 0.6 is 11.6 Å². The second kappa shape index (κ2) is 12.2. The van der Waals surface area contributed by atoms with Crippen molar-refractivity contribution in [2.75, 3.05) is 37.0 Å². The Balaban J connectivity index is 1.34. The number of carbonyl (C=O) groups is 1. The number of benzene rings is 2. The van der Waals surface area contributed by atoms with E-state index in [1.165, 1.54) is 17.2 Å². The number of fused-ring (bicyclic) bond motifs is 3. The van der Waals surface area contributed by atoms with Crippen LogP contribution in [0.1, 0.15) is 60.0 Å². The van der Waals surface area contributed by atoms with E-state index in [1.54, 1.807) is 12.1 Å². The number of nitrogens with one attached hydrogen (secondary N) is 1. The van der Waals surface area contributed by atoms with Gasteiger partial charge in [0.1, 0.15) is 5.75 Å². The Kier molecular flexibility index (Phi) is 8.65. The molecule has 2 aliphatic carbocycles. The van der Waals surface area contributed by atoms with Crippen LogP contribution in [0.4, 0.5) is 5.69 Å². The van der Waals surface area contributed by atoms with Crippen molar-refractivity contribution in [1.29, 1.82) is 0 Å². The first kappa shape index (κ1) is 31.2. The molecule has 2 aromatic rings. The number of amides is 1. The fraction of sp³-hybridized carbons (Fsp3) is 0.486. The molecule has 44 heavy (non-hydrogen) atoms. The number of ether oxygens (including phenoxy) is 2. The van der Waals surface area contributed by atoms with Gasteiger partial charge in [0.2, 0.25) is 0 Å². The minimum absolute atomic E-state index is 0.0214. The molecule has 2 heterocycles. The molecule has 7 nitrogen and oxygen atoms in total. The molecular formula is C35H43ClN2O5S. The van der Waals surface area contributed by atoms with Gasteiger partial charge < -0.3 is 19.5 Å². The summed E-state index contributed by atoms with van der Waals surface area (Å²) in [6, 6.07) is 11.7. The lowest BCUT2D eigenvalue weighted by Crippen LogP contribution is -2.52. The van der Waals surface area contributed by atoms with Crippen molar-refractivity contribution >= 4 is 38.8 Å². The Hall–Kier alpha value is -2.78. The average Bonchev–Trinajstić information content (AvgIpc) is 3.12. The number of rotatable bonds is 8. The van der Waals surface area contributed by atoms with Crippen molar-refractivity contribution in [2.24, 2.45) is 11.8 Å². The van der Waals surface area contributed by atoms with Crippen LogP contribution in [0.15, 0.2) is 61.7 Å². The van der Waals surface area contributed by atoms with E-state index < -0.39 is 21.2 Å². The van der Waals surface area contributed by atoms with Gasteiger partial charge in [0.05, 0.1) is 46.1 Å². The van der Waals surface area contributed by atoms with Gasteiger partial charge >= 0.3 is 0 Å². The lowest BCUT2D eigenvalue weighted by atomic mass is 9.67. The maximum Gasteiger partial charge on any atom is 0.262 e. The maximum absolute atomic E-state index is 13.3. The Morgan fingerprint density at radius 1 is 1.20 bits per heavy atom. The number of nitrogens with zero attached hydrogens (tertiary/aromatic N) is 1. The minimum Gasteiger partial charge on any atom is -0.490 e. The van der Waals surface area contributed by atoms with E-state index in [0.717, 1.165) is 61.7 Å². The van der Waals surface area contributed by atoms with Gasteiger partial charge in [-0.05, 0) is 91.3 Å². The van der Waals surface area contributed by atoms with E-state index in [0.29, 0.717) is 43.5 Å². The molecule has 0 aromatic heterocycles. The highest BCUT2D eigenvalue weighted by atomic mass is 35.5. The Labute approximate surface area is 266 Å². The number of aliphatic hydroxyl groups is 1. The molecule has 1 amide bonds. The molecule has 236 valence electrons. The Morgan fingerprint density at radius 3 is 2.80 bits per heavy atom. The van der Waals surface area contributed by atoms with Crippen molar-refractivity contribution < 1.29 is 23.6 Å². The van der Waals surface area contributed by atoms with Gasteiger partial charge in [-0.3, -0.25) is 9.52 Å². The normalized spacial score (nSPS) is 30.9. The Bertz CT molecular complexity index is 1560. The Morgan fingerprint density at radius 2 is 2.05 bits per heavy atom. The van der Waals surface area contributed by atoms with E-state index >= 15 is 0 Å². The number of halogens is 1. The third kappa shape index (κ3) is 6.19. The topological polar surface area (TPSA) is 88.1 Å². The lowest BCUT2D eigenvalue weighted by Gasteiger charge is -2.48. The molecule has 1 unspecified atom stereocenters. The van der Waals surface area contributed by atoms with E-state index in [4.69, 9.17) is 21.1 Å². The summed E-state index contributed by atoms with van der Waals surface area (Å²) in [5.74, 6) is 4.76.